The van der Waals surface area contributed by atoms with Gasteiger partial charge in [0.05, 0.1) is 6.54 Å². The molecule has 1 fully saturated rings. The van der Waals surface area contributed by atoms with Crippen LogP contribution >= 0.6 is 0 Å². The van der Waals surface area contributed by atoms with Crippen molar-refractivity contribution in [1.29, 1.82) is 0 Å². The summed E-state index contributed by atoms with van der Waals surface area (Å²) in [5.41, 5.74) is -4.49. The third-order valence-electron chi connectivity index (χ3n) is 3.50. The van der Waals surface area contributed by atoms with E-state index in [1.807, 2.05) is 0 Å². The zero-order chi connectivity index (χ0) is 33.7. The summed E-state index contributed by atoms with van der Waals surface area (Å²) in [5.74, 6) is -1.41. The van der Waals surface area contributed by atoms with Gasteiger partial charge < -0.3 is 9.84 Å². The quantitative estimate of drug-likeness (QED) is 0.587. The third-order valence-corrected chi connectivity index (χ3v) is 3.50. The Kier molecular flexibility index (Phi) is 2.90. The molecule has 0 saturated heterocycles. The normalized spacial score (nSPS) is 38.8. The number of rotatable bonds is 7. The van der Waals surface area contributed by atoms with Gasteiger partial charge in [-0.05, 0) is 31.4 Å². The van der Waals surface area contributed by atoms with Crippen molar-refractivity contribution in [3.63, 3.8) is 0 Å². The molecule has 142 valence electrons. The molecule has 4 nitrogen and oxygen atoms in total. The molecular weight excluding hydrogens is 326 g/mol. The highest BCUT2D eigenvalue weighted by atomic mass is 16.5. The number of aliphatic hydroxyl groups is 1. The summed E-state index contributed by atoms with van der Waals surface area (Å²) in [6.07, 6.45) is -20.1. The van der Waals surface area contributed by atoms with E-state index in [2.05, 4.69) is 11.8 Å². The first-order valence-electron chi connectivity index (χ1n) is 16.2. The first-order valence-corrected chi connectivity index (χ1v) is 7.69. The Labute approximate surface area is 181 Å². The second-order valence-corrected chi connectivity index (χ2v) is 5.15. The summed E-state index contributed by atoms with van der Waals surface area (Å²) in [7, 11) is 0. The lowest BCUT2D eigenvalue weighted by atomic mass is 9.73. The van der Waals surface area contributed by atoms with Crippen molar-refractivity contribution in [3.8, 4) is 11.8 Å². The molecule has 2 rings (SSSR count). The highest BCUT2D eigenvalue weighted by molar-refractivity contribution is 5.81. The van der Waals surface area contributed by atoms with Gasteiger partial charge in [0.25, 0.3) is 0 Å². The number of ether oxygens (including phenoxy) is 1. The van der Waals surface area contributed by atoms with Crippen molar-refractivity contribution >= 4 is 5.97 Å². The molecule has 0 bridgehead atoms. The molecule has 0 amide bonds. The summed E-state index contributed by atoms with van der Waals surface area (Å²) >= 11 is 0. The Morgan fingerprint density at radius 3 is 2.65 bits per heavy atom. The number of carbonyl (C=O) groups is 1. The van der Waals surface area contributed by atoms with Crippen molar-refractivity contribution in [2.45, 2.75) is 51.2 Å². The fourth-order valence-corrected chi connectivity index (χ4v) is 2.07. The van der Waals surface area contributed by atoms with Crippen LogP contribution in [0.1, 0.15) is 74.4 Å². The van der Waals surface area contributed by atoms with Gasteiger partial charge in [0.15, 0.2) is 12.2 Å². The van der Waals surface area contributed by atoms with Crippen LogP contribution < -0.4 is 0 Å². The molecule has 1 aliphatic rings. The van der Waals surface area contributed by atoms with Crippen LogP contribution in [0.5, 0.6) is 0 Å². The van der Waals surface area contributed by atoms with Gasteiger partial charge in [-0.15, -0.1) is 0 Å². The van der Waals surface area contributed by atoms with Crippen LogP contribution in [0, 0.1) is 17.7 Å². The van der Waals surface area contributed by atoms with Crippen molar-refractivity contribution in [2.24, 2.45) is 5.89 Å². The van der Waals surface area contributed by atoms with E-state index in [-0.39, 0.29) is 0 Å². The molecule has 1 N–H and O–H groups in total. The van der Waals surface area contributed by atoms with Crippen LogP contribution in [0.2, 0.25) is 0 Å². The van der Waals surface area contributed by atoms with Crippen LogP contribution in [-0.2, 0) is 15.1 Å². The average molecular weight is 375 g/mol. The average Bonchev–Trinajstić information content (AvgIpc) is 2.84. The maximum Gasteiger partial charge on any atom is 0.344 e. The van der Waals surface area contributed by atoms with E-state index in [0.29, 0.717) is 0 Å². The first-order chi connectivity index (χ1) is 19.1. The maximum atomic E-state index is 13.5. The lowest BCUT2D eigenvalue weighted by Crippen LogP contribution is -2.45. The van der Waals surface area contributed by atoms with Gasteiger partial charge in [-0.1, -0.05) is 75.0 Å². The van der Waals surface area contributed by atoms with Gasteiger partial charge in [0.1, 0.15) is 0 Å². The molecule has 4 heteroatoms. The second-order valence-electron chi connectivity index (χ2n) is 5.15. The van der Waals surface area contributed by atoms with Crippen molar-refractivity contribution in [1.82, 2.24) is 4.90 Å². The van der Waals surface area contributed by atoms with Gasteiger partial charge in [-0.3, -0.25) is 4.90 Å². The lowest BCUT2D eigenvalue weighted by molar-refractivity contribution is -0.174. The Hall–Kier alpha value is -1.83. The zero-order valence-electron chi connectivity index (χ0n) is 30.9. The lowest BCUT2D eigenvalue weighted by Gasteiger charge is -2.36. The predicted octanol–water partition coefficient (Wildman–Crippen LogP) is 3.34. The number of benzene rings is 1. The molecule has 0 radical (unpaired) electrons. The van der Waals surface area contributed by atoms with Crippen molar-refractivity contribution in [3.05, 3.63) is 35.9 Å². The Morgan fingerprint density at radius 1 is 1.31 bits per heavy atom. The fraction of sp³-hybridized carbons (Fsp3) is 0.591. The van der Waals surface area contributed by atoms with Gasteiger partial charge in [0, 0.05) is 29.2 Å². The highest BCUT2D eigenvalue weighted by Gasteiger charge is 2.46. The molecule has 1 aliphatic carbocycles. The van der Waals surface area contributed by atoms with Gasteiger partial charge in [-0.2, -0.15) is 0 Å². The zero-order valence-corrected chi connectivity index (χ0v) is 13.9. The molecule has 0 spiro atoms. The van der Waals surface area contributed by atoms with Crippen molar-refractivity contribution < 1.29 is 37.9 Å². The Balaban J connectivity index is 2.59. The maximum absolute atomic E-state index is 13.5. The summed E-state index contributed by atoms with van der Waals surface area (Å²) in [6, 6.07) is 5.72. The van der Waals surface area contributed by atoms with Gasteiger partial charge >= 0.3 is 5.97 Å². The number of hydrogen-bond donors (Lipinski definition) is 1. The van der Waals surface area contributed by atoms with E-state index in [1.54, 1.807) is 0 Å². The van der Waals surface area contributed by atoms with Crippen LogP contribution in [0.15, 0.2) is 30.3 Å². The molecule has 1 saturated carbocycles. The van der Waals surface area contributed by atoms with E-state index in [9.17, 15) is 9.90 Å². The minimum atomic E-state index is -4.13. The van der Waals surface area contributed by atoms with Crippen LogP contribution in [-0.4, -0.2) is 42.2 Å². The molecule has 1 aromatic rings. The minimum absolute atomic E-state index is 0.416. The summed E-state index contributed by atoms with van der Waals surface area (Å²) in [5, 5.41) is 11.9. The summed E-state index contributed by atoms with van der Waals surface area (Å²) < 4.78 is 141. The Bertz CT molecular complexity index is 1190. The molecule has 0 aliphatic heterocycles. The molecule has 1 unspecified atom stereocenters. The third kappa shape index (κ3) is 5.09. The highest BCUT2D eigenvalue weighted by Crippen LogP contribution is 2.40. The van der Waals surface area contributed by atoms with Gasteiger partial charge in [-0.25, -0.2) is 4.79 Å². The van der Waals surface area contributed by atoms with Crippen LogP contribution in [0.4, 0.5) is 0 Å². The monoisotopic (exact) mass is 374 g/mol. The standard InChI is InChI=1S/C22H31NO3/c1-3-23(4-2)17-11-12-18-26-21(24)22(25,19-13-7-5-8-14-19)20-15-9-6-10-16-20/h5,7-8,13-14,20,25H,3-4,6,9-10,15-18H2,1-2H3/i1D3,2D3,6D2,9D2,10D2,15D2,16D2,20D. The molecule has 0 heterocycles. The molecule has 26 heavy (non-hydrogen) atoms. The van der Waals surface area contributed by atoms with E-state index in [0.717, 1.165) is 17.0 Å². The van der Waals surface area contributed by atoms with Crippen LogP contribution in [0.3, 0.4) is 0 Å². The number of hydrogen-bond acceptors (Lipinski definition) is 4. The Morgan fingerprint density at radius 2 is 2.00 bits per heavy atom. The smallest absolute Gasteiger partial charge is 0.344 e. The molecule has 1 aromatic carbocycles. The van der Waals surface area contributed by atoms with E-state index in [1.165, 1.54) is 18.2 Å². The first kappa shape index (κ1) is 7.30. The number of carbonyl (C=O) groups excluding carboxylic acids is 1. The summed E-state index contributed by atoms with van der Waals surface area (Å²) in [6.45, 7) is -7.70. The molecule has 1 atom stereocenters. The summed E-state index contributed by atoms with van der Waals surface area (Å²) in [4.78, 5) is 14.5. The second kappa shape index (κ2) is 10.4. The SMILES string of the molecule is [2H]C([2H])([2H])CN(CC#CCOC(=O)C(O)(c1ccccc1)C1([2H])C([2H])([2H])C([2H])([2H])C([2H])([2H])C([2H])([2H])C1([2H])[2H])CC([2H])([2H])[2H]. The largest absolute Gasteiger partial charge is 0.450 e. The van der Waals surface area contributed by atoms with Crippen LogP contribution in [0.25, 0.3) is 0 Å². The molecular formula is C22H31NO3. The predicted molar refractivity (Wildman–Crippen MR) is 103 cm³/mol. The molecule has 0 aromatic heterocycles. The van der Waals surface area contributed by atoms with Crippen molar-refractivity contribution in [2.75, 3.05) is 26.2 Å². The number of nitrogens with zero attached hydrogens (tertiary/aromatic N) is 1. The fourth-order valence-electron chi connectivity index (χ4n) is 2.07. The van der Waals surface area contributed by atoms with E-state index in [4.69, 9.17) is 28.0 Å². The van der Waals surface area contributed by atoms with E-state index < -0.39 is 94.8 Å². The van der Waals surface area contributed by atoms with Gasteiger partial charge in [0.2, 0.25) is 0 Å². The number of esters is 1. The van der Waals surface area contributed by atoms with E-state index >= 15 is 0 Å². The minimum Gasteiger partial charge on any atom is -0.450 e. The topological polar surface area (TPSA) is 49.8 Å².